The molecule has 0 aliphatic carbocycles. The predicted octanol–water partition coefficient (Wildman–Crippen LogP) is 3.24. The van der Waals surface area contributed by atoms with E-state index in [0.29, 0.717) is 16.5 Å². The molecule has 2 amide bonds. The van der Waals surface area contributed by atoms with E-state index in [4.69, 9.17) is 9.15 Å². The molecule has 2 heterocycles. The molecule has 4 rings (SSSR count). The van der Waals surface area contributed by atoms with Gasteiger partial charge < -0.3 is 9.15 Å². The first-order valence-electron chi connectivity index (χ1n) is 9.20. The van der Waals surface area contributed by atoms with Crippen LogP contribution in [0.25, 0.3) is 11.0 Å². The maximum atomic E-state index is 12.5. The lowest BCUT2D eigenvalue weighted by Crippen LogP contribution is -2.29. The zero-order valence-electron chi connectivity index (χ0n) is 16.1. The number of hydrogen-bond donors (Lipinski definition) is 0. The minimum absolute atomic E-state index is 0.0925. The van der Waals surface area contributed by atoms with E-state index in [2.05, 4.69) is 6.58 Å². The van der Waals surface area contributed by atoms with Crippen LogP contribution in [0.1, 0.15) is 42.2 Å². The van der Waals surface area contributed by atoms with E-state index in [1.807, 2.05) is 13.0 Å². The molecular weight excluding hydrogens is 386 g/mol. The summed E-state index contributed by atoms with van der Waals surface area (Å²) in [6.07, 6.45) is 1.46. The second-order valence-corrected chi connectivity index (χ2v) is 6.94. The van der Waals surface area contributed by atoms with Gasteiger partial charge in [0.15, 0.2) is 0 Å². The number of esters is 1. The quantitative estimate of drug-likeness (QED) is 0.281. The van der Waals surface area contributed by atoms with Crippen molar-refractivity contribution in [2.75, 3.05) is 6.54 Å². The highest BCUT2D eigenvalue weighted by atomic mass is 16.5. The molecule has 1 aliphatic rings. The van der Waals surface area contributed by atoms with E-state index in [0.717, 1.165) is 10.5 Å². The third-order valence-corrected chi connectivity index (χ3v) is 4.86. The smallest absolute Gasteiger partial charge is 0.338 e. The number of nitrogens with zero attached hydrogens (tertiary/aromatic N) is 1. The van der Waals surface area contributed by atoms with Crippen LogP contribution >= 0.6 is 0 Å². The van der Waals surface area contributed by atoms with Crippen molar-refractivity contribution in [1.82, 2.24) is 4.90 Å². The summed E-state index contributed by atoms with van der Waals surface area (Å²) in [6, 6.07) is 10.9. The van der Waals surface area contributed by atoms with Crippen LogP contribution in [0.15, 0.2) is 64.3 Å². The second-order valence-electron chi connectivity index (χ2n) is 6.94. The maximum Gasteiger partial charge on any atom is 0.338 e. The van der Waals surface area contributed by atoms with Gasteiger partial charge in [0.05, 0.1) is 16.7 Å². The summed E-state index contributed by atoms with van der Waals surface area (Å²) < 4.78 is 10.6. The summed E-state index contributed by atoms with van der Waals surface area (Å²) in [5.74, 6) is -1.58. The number of hydrogen-bond acceptors (Lipinski definition) is 6. The van der Waals surface area contributed by atoms with Crippen molar-refractivity contribution >= 4 is 28.8 Å². The highest BCUT2D eigenvalue weighted by molar-refractivity contribution is 6.22. The molecule has 0 saturated heterocycles. The molecule has 0 fully saturated rings. The third kappa shape index (κ3) is 3.30. The average molecular weight is 403 g/mol. The highest BCUT2D eigenvalue weighted by Crippen LogP contribution is 2.25. The molecule has 0 N–H and O–H groups in total. The fourth-order valence-electron chi connectivity index (χ4n) is 3.40. The Hall–Kier alpha value is -4.00. The predicted molar refractivity (Wildman–Crippen MR) is 108 cm³/mol. The Morgan fingerprint density at radius 2 is 1.83 bits per heavy atom. The van der Waals surface area contributed by atoms with Crippen LogP contribution in [0.2, 0.25) is 0 Å². The van der Waals surface area contributed by atoms with Gasteiger partial charge in [0.1, 0.15) is 12.2 Å². The van der Waals surface area contributed by atoms with E-state index in [-0.39, 0.29) is 29.8 Å². The van der Waals surface area contributed by atoms with Crippen LogP contribution in [0.3, 0.4) is 0 Å². The zero-order chi connectivity index (χ0) is 21.4. The van der Waals surface area contributed by atoms with Gasteiger partial charge in [-0.05, 0) is 36.8 Å². The normalized spacial score (nSPS) is 12.9. The van der Waals surface area contributed by atoms with Gasteiger partial charge in [0.25, 0.3) is 11.8 Å². The van der Waals surface area contributed by atoms with E-state index >= 15 is 0 Å². The van der Waals surface area contributed by atoms with Crippen LogP contribution in [0.5, 0.6) is 0 Å². The van der Waals surface area contributed by atoms with Gasteiger partial charge in [-0.25, -0.2) is 9.59 Å². The van der Waals surface area contributed by atoms with Crippen molar-refractivity contribution in [3.05, 3.63) is 93.4 Å². The van der Waals surface area contributed by atoms with Gasteiger partial charge in [-0.3, -0.25) is 14.5 Å². The van der Waals surface area contributed by atoms with Crippen LogP contribution in [0.4, 0.5) is 0 Å². The van der Waals surface area contributed by atoms with Gasteiger partial charge in [0.2, 0.25) is 0 Å². The molecular formula is C23H17NO6. The lowest BCUT2D eigenvalue weighted by molar-refractivity contribution is 0.0473. The molecule has 0 saturated carbocycles. The number of amides is 2. The van der Waals surface area contributed by atoms with Gasteiger partial charge >= 0.3 is 11.6 Å². The molecule has 0 unspecified atom stereocenters. The fourth-order valence-corrected chi connectivity index (χ4v) is 3.40. The van der Waals surface area contributed by atoms with Crippen molar-refractivity contribution in [3.8, 4) is 0 Å². The number of carbonyl (C=O) groups is 3. The van der Waals surface area contributed by atoms with Crippen LogP contribution in [0, 0.1) is 6.92 Å². The fraction of sp³-hybridized carbons (Fsp3) is 0.130. The molecule has 0 bridgehead atoms. The molecule has 0 atom stereocenters. The summed E-state index contributed by atoms with van der Waals surface area (Å²) in [4.78, 5) is 50.1. The number of benzene rings is 2. The molecule has 7 heteroatoms. The van der Waals surface area contributed by atoms with Gasteiger partial charge in [-0.15, -0.1) is 6.58 Å². The van der Waals surface area contributed by atoms with E-state index in [1.54, 1.807) is 12.1 Å². The molecule has 30 heavy (non-hydrogen) atoms. The molecule has 0 spiro atoms. The maximum absolute atomic E-state index is 12.5. The van der Waals surface area contributed by atoms with Crippen molar-refractivity contribution in [1.29, 1.82) is 0 Å². The summed E-state index contributed by atoms with van der Waals surface area (Å²) in [7, 11) is 0. The van der Waals surface area contributed by atoms with Crippen molar-refractivity contribution in [2.24, 2.45) is 0 Å². The highest BCUT2D eigenvalue weighted by Gasteiger charge is 2.35. The molecule has 0 radical (unpaired) electrons. The Morgan fingerprint density at radius 1 is 1.07 bits per heavy atom. The van der Waals surface area contributed by atoms with Gasteiger partial charge in [0, 0.05) is 23.6 Å². The Labute approximate surface area is 171 Å². The molecule has 150 valence electrons. The second kappa shape index (κ2) is 7.44. The standard InChI is InChI=1S/C23H17NO6/c1-3-8-24-21(26)17-7-5-14(10-18(17)22(24)27)23(28)29-12-15-11-20(25)30-19-9-13(2)4-6-16(15)19/h3-7,9-11H,1,8,12H2,2H3. The lowest BCUT2D eigenvalue weighted by atomic mass is 10.1. The minimum Gasteiger partial charge on any atom is -0.457 e. The van der Waals surface area contributed by atoms with E-state index < -0.39 is 23.4 Å². The molecule has 2 aromatic carbocycles. The van der Waals surface area contributed by atoms with E-state index in [9.17, 15) is 19.2 Å². The topological polar surface area (TPSA) is 93.9 Å². The summed E-state index contributed by atoms with van der Waals surface area (Å²) in [5.41, 5.74) is 1.85. The van der Waals surface area contributed by atoms with Crippen molar-refractivity contribution < 1.29 is 23.5 Å². The number of carbonyl (C=O) groups excluding carboxylic acids is 3. The van der Waals surface area contributed by atoms with E-state index in [1.165, 1.54) is 30.3 Å². The molecule has 7 nitrogen and oxygen atoms in total. The molecule has 1 aromatic heterocycles. The number of imide groups is 1. The van der Waals surface area contributed by atoms with Crippen molar-refractivity contribution in [3.63, 3.8) is 0 Å². The van der Waals surface area contributed by atoms with Crippen LogP contribution < -0.4 is 5.63 Å². The Kier molecular flexibility index (Phi) is 4.79. The number of rotatable bonds is 5. The summed E-state index contributed by atoms with van der Waals surface area (Å²) >= 11 is 0. The largest absolute Gasteiger partial charge is 0.457 e. The first-order valence-corrected chi connectivity index (χ1v) is 9.20. The molecule has 3 aromatic rings. The van der Waals surface area contributed by atoms with Crippen LogP contribution in [-0.2, 0) is 11.3 Å². The minimum atomic E-state index is -0.672. The number of ether oxygens (including phenoxy) is 1. The third-order valence-electron chi connectivity index (χ3n) is 4.86. The SMILES string of the molecule is C=CCN1C(=O)c2ccc(C(=O)OCc3cc(=O)oc4cc(C)ccc34)cc2C1=O. The van der Waals surface area contributed by atoms with Gasteiger partial charge in [-0.1, -0.05) is 18.2 Å². The average Bonchev–Trinajstić information content (AvgIpc) is 2.96. The monoisotopic (exact) mass is 403 g/mol. The Balaban J connectivity index is 1.58. The Morgan fingerprint density at radius 3 is 2.60 bits per heavy atom. The molecule has 1 aliphatic heterocycles. The first kappa shape index (κ1) is 19.3. The van der Waals surface area contributed by atoms with Crippen LogP contribution in [-0.4, -0.2) is 29.2 Å². The van der Waals surface area contributed by atoms with Gasteiger partial charge in [-0.2, -0.15) is 0 Å². The van der Waals surface area contributed by atoms with Crippen molar-refractivity contribution in [2.45, 2.75) is 13.5 Å². The number of fused-ring (bicyclic) bond motifs is 2. The summed E-state index contributed by atoms with van der Waals surface area (Å²) in [6.45, 7) is 5.37. The summed E-state index contributed by atoms with van der Waals surface area (Å²) in [5, 5.41) is 0.669. The first-order chi connectivity index (χ1) is 14.4. The number of aryl methyl sites for hydroxylation is 1. The lowest BCUT2D eigenvalue weighted by Gasteiger charge is -2.09. The zero-order valence-corrected chi connectivity index (χ0v) is 16.1. The Bertz CT molecular complexity index is 1290.